The van der Waals surface area contributed by atoms with Crippen molar-refractivity contribution in [1.29, 1.82) is 0 Å². The molecule has 0 radical (unpaired) electrons. The van der Waals surface area contributed by atoms with E-state index in [1.54, 1.807) is 6.92 Å². The molecule has 4 nitrogen and oxygen atoms in total. The fourth-order valence-electron chi connectivity index (χ4n) is 4.53. The van der Waals surface area contributed by atoms with E-state index in [9.17, 15) is 4.39 Å². The van der Waals surface area contributed by atoms with Crippen LogP contribution in [-0.4, -0.2) is 42.7 Å². The number of rotatable bonds is 3. The van der Waals surface area contributed by atoms with Crippen molar-refractivity contribution in [3.63, 3.8) is 0 Å². The average molecular weight is 331 g/mol. The first kappa shape index (κ1) is 15.9. The normalized spacial score (nSPS) is 31.6. The lowest BCUT2D eigenvalue weighted by molar-refractivity contribution is 0.0767. The van der Waals surface area contributed by atoms with Crippen molar-refractivity contribution in [3.8, 4) is 0 Å². The van der Waals surface area contributed by atoms with E-state index >= 15 is 0 Å². The summed E-state index contributed by atoms with van der Waals surface area (Å²) in [6.45, 7) is 7.42. The van der Waals surface area contributed by atoms with Gasteiger partial charge in [-0.2, -0.15) is 0 Å². The van der Waals surface area contributed by atoms with Crippen LogP contribution in [0, 0.1) is 24.6 Å². The third-order valence-electron chi connectivity index (χ3n) is 5.72. The van der Waals surface area contributed by atoms with Crippen molar-refractivity contribution >= 4 is 5.96 Å². The van der Waals surface area contributed by atoms with Gasteiger partial charge in [0.25, 0.3) is 0 Å². The number of hydrogen-bond donors (Lipinski definition) is 1. The number of aliphatic imine (C=N–C) groups is 1. The number of guanidine groups is 1. The molecule has 0 amide bonds. The molecule has 4 atom stereocenters. The molecule has 0 spiro atoms. The minimum Gasteiger partial charge on any atom is -0.374 e. The molecule has 3 aliphatic rings. The second kappa shape index (κ2) is 6.36. The zero-order valence-corrected chi connectivity index (χ0v) is 14.5. The van der Waals surface area contributed by atoms with Crippen LogP contribution in [0.15, 0.2) is 23.2 Å². The van der Waals surface area contributed by atoms with Gasteiger partial charge >= 0.3 is 0 Å². The van der Waals surface area contributed by atoms with Crippen molar-refractivity contribution in [1.82, 2.24) is 10.2 Å². The molecule has 1 aromatic rings. The minimum atomic E-state index is -0.155. The van der Waals surface area contributed by atoms with Crippen molar-refractivity contribution in [3.05, 3.63) is 35.1 Å². The second-order valence-corrected chi connectivity index (χ2v) is 7.28. The molecule has 3 aliphatic heterocycles. The topological polar surface area (TPSA) is 36.9 Å². The van der Waals surface area contributed by atoms with Crippen LogP contribution in [-0.2, 0) is 11.3 Å². The highest BCUT2D eigenvalue weighted by Gasteiger charge is 2.53. The number of fused-ring (bicyclic) bond motifs is 5. The number of aryl methyl sites for hydroxylation is 1. The van der Waals surface area contributed by atoms with Crippen LogP contribution in [0.1, 0.15) is 30.9 Å². The predicted molar refractivity (Wildman–Crippen MR) is 92.4 cm³/mol. The number of halogens is 1. The van der Waals surface area contributed by atoms with E-state index in [0.29, 0.717) is 36.2 Å². The fraction of sp³-hybridized carbons (Fsp3) is 0.632. The Balaban J connectivity index is 1.47. The molecule has 1 aromatic carbocycles. The van der Waals surface area contributed by atoms with Crippen LogP contribution < -0.4 is 5.32 Å². The Bertz CT molecular complexity index is 629. The van der Waals surface area contributed by atoms with Gasteiger partial charge in [0.2, 0.25) is 0 Å². The van der Waals surface area contributed by atoms with Crippen LogP contribution in [0.3, 0.4) is 0 Å². The molecule has 3 saturated heterocycles. The zero-order chi connectivity index (χ0) is 16.7. The molecular weight excluding hydrogens is 305 g/mol. The average Bonchev–Trinajstić information content (AvgIpc) is 3.27. The maximum Gasteiger partial charge on any atom is 0.194 e. The molecule has 1 N–H and O–H groups in total. The molecular formula is C19H26FN3O. The van der Waals surface area contributed by atoms with E-state index in [2.05, 4.69) is 17.1 Å². The first-order valence-electron chi connectivity index (χ1n) is 9.09. The van der Waals surface area contributed by atoms with Gasteiger partial charge in [0.1, 0.15) is 5.82 Å². The molecule has 0 aliphatic carbocycles. The lowest BCUT2D eigenvalue weighted by Crippen LogP contribution is -2.41. The Labute approximate surface area is 143 Å². The summed E-state index contributed by atoms with van der Waals surface area (Å²) in [5, 5.41) is 3.42. The molecule has 24 heavy (non-hydrogen) atoms. The van der Waals surface area contributed by atoms with E-state index < -0.39 is 0 Å². The lowest BCUT2D eigenvalue weighted by Gasteiger charge is -2.23. The highest BCUT2D eigenvalue weighted by molar-refractivity contribution is 5.80. The van der Waals surface area contributed by atoms with Gasteiger partial charge in [-0.25, -0.2) is 9.38 Å². The van der Waals surface area contributed by atoms with Crippen LogP contribution in [0.5, 0.6) is 0 Å². The number of nitrogens with one attached hydrogen (secondary N) is 1. The van der Waals surface area contributed by atoms with Crippen molar-refractivity contribution in [2.75, 3.05) is 19.6 Å². The summed E-state index contributed by atoms with van der Waals surface area (Å²) < 4.78 is 19.5. The van der Waals surface area contributed by atoms with Crippen LogP contribution in [0.25, 0.3) is 0 Å². The Hall–Kier alpha value is -1.62. The van der Waals surface area contributed by atoms with Gasteiger partial charge in [-0.05, 0) is 43.9 Å². The second-order valence-electron chi connectivity index (χ2n) is 7.28. The number of ether oxygens (including phenoxy) is 1. The summed E-state index contributed by atoms with van der Waals surface area (Å²) in [7, 11) is 0. The fourth-order valence-corrected chi connectivity index (χ4v) is 4.53. The first-order chi connectivity index (χ1) is 11.7. The third-order valence-corrected chi connectivity index (χ3v) is 5.72. The summed E-state index contributed by atoms with van der Waals surface area (Å²) in [6.07, 6.45) is 3.38. The highest BCUT2D eigenvalue weighted by Crippen LogP contribution is 2.47. The Morgan fingerprint density at radius 2 is 2.00 bits per heavy atom. The number of hydrogen-bond acceptors (Lipinski definition) is 2. The van der Waals surface area contributed by atoms with Gasteiger partial charge in [0, 0.05) is 31.5 Å². The highest BCUT2D eigenvalue weighted by atomic mass is 19.1. The van der Waals surface area contributed by atoms with E-state index in [0.717, 1.165) is 31.2 Å². The predicted octanol–water partition coefficient (Wildman–Crippen LogP) is 2.71. The monoisotopic (exact) mass is 331 g/mol. The zero-order valence-electron chi connectivity index (χ0n) is 14.5. The summed E-state index contributed by atoms with van der Waals surface area (Å²) >= 11 is 0. The molecule has 3 fully saturated rings. The first-order valence-corrected chi connectivity index (χ1v) is 9.09. The van der Waals surface area contributed by atoms with E-state index in [1.165, 1.54) is 18.9 Å². The van der Waals surface area contributed by atoms with Gasteiger partial charge in [0.05, 0.1) is 18.8 Å². The van der Waals surface area contributed by atoms with E-state index in [1.807, 2.05) is 12.1 Å². The molecule has 0 saturated carbocycles. The minimum absolute atomic E-state index is 0.155. The summed E-state index contributed by atoms with van der Waals surface area (Å²) in [5.74, 6) is 2.16. The quantitative estimate of drug-likeness (QED) is 0.683. The standard InChI is InChI=1S/C19H26FN3O/c1-3-21-19(22-9-13-4-5-16(20)12(2)8-13)23-10-14-15(11-23)18-7-6-17(14)24-18/h4-5,8,14-15,17-18H,3,6-7,9-11H2,1-2H3,(H,21,22). The smallest absolute Gasteiger partial charge is 0.194 e. The SMILES string of the molecule is CCNC(=NCc1ccc(F)c(C)c1)N1CC2C3CCC(O3)C2C1. The Morgan fingerprint density at radius 1 is 1.29 bits per heavy atom. The molecule has 130 valence electrons. The molecule has 5 heteroatoms. The van der Waals surface area contributed by atoms with Crippen molar-refractivity contribution in [2.24, 2.45) is 16.8 Å². The van der Waals surface area contributed by atoms with Gasteiger partial charge in [0.15, 0.2) is 5.96 Å². The largest absolute Gasteiger partial charge is 0.374 e. The van der Waals surface area contributed by atoms with Crippen molar-refractivity contribution < 1.29 is 9.13 Å². The maximum atomic E-state index is 13.4. The number of benzene rings is 1. The van der Waals surface area contributed by atoms with E-state index in [-0.39, 0.29) is 5.82 Å². The van der Waals surface area contributed by atoms with E-state index in [4.69, 9.17) is 9.73 Å². The van der Waals surface area contributed by atoms with Crippen LogP contribution in [0.4, 0.5) is 4.39 Å². The molecule has 4 rings (SSSR count). The molecule has 4 unspecified atom stereocenters. The lowest BCUT2D eigenvalue weighted by atomic mass is 9.82. The molecule has 2 bridgehead atoms. The molecule has 3 heterocycles. The van der Waals surface area contributed by atoms with Gasteiger partial charge < -0.3 is 15.0 Å². The summed E-state index contributed by atoms with van der Waals surface area (Å²) in [4.78, 5) is 7.19. The Morgan fingerprint density at radius 3 is 2.62 bits per heavy atom. The van der Waals surface area contributed by atoms with Crippen molar-refractivity contribution in [2.45, 2.75) is 45.4 Å². The van der Waals surface area contributed by atoms with Gasteiger partial charge in [-0.3, -0.25) is 0 Å². The van der Waals surface area contributed by atoms with Crippen LogP contribution >= 0.6 is 0 Å². The Kier molecular flexibility index (Phi) is 4.21. The summed E-state index contributed by atoms with van der Waals surface area (Å²) in [5.41, 5.74) is 1.73. The number of nitrogens with zero attached hydrogens (tertiary/aromatic N) is 2. The van der Waals surface area contributed by atoms with Gasteiger partial charge in [-0.1, -0.05) is 12.1 Å². The van der Waals surface area contributed by atoms with Gasteiger partial charge in [-0.15, -0.1) is 0 Å². The number of likely N-dealkylation sites (tertiary alicyclic amines) is 1. The van der Waals surface area contributed by atoms with Crippen LogP contribution in [0.2, 0.25) is 0 Å². The molecule has 0 aromatic heterocycles. The summed E-state index contributed by atoms with van der Waals surface area (Å²) in [6, 6.07) is 5.24. The maximum absolute atomic E-state index is 13.4. The third kappa shape index (κ3) is 2.79.